The van der Waals surface area contributed by atoms with E-state index < -0.39 is 0 Å². The number of hydrogen-bond acceptors (Lipinski definition) is 2. The zero-order valence-corrected chi connectivity index (χ0v) is 14.0. The van der Waals surface area contributed by atoms with Crippen LogP contribution in [0.5, 0.6) is 0 Å². The largest absolute Gasteiger partial charge is 0.329 e. The first-order valence-electron chi connectivity index (χ1n) is 8.13. The van der Waals surface area contributed by atoms with Crippen LogP contribution in [0.25, 0.3) is 11.0 Å². The molecule has 1 amide bonds. The summed E-state index contributed by atoms with van der Waals surface area (Å²) in [5.74, 6) is -0.211. The molecule has 0 radical (unpaired) electrons. The van der Waals surface area contributed by atoms with Crippen LogP contribution in [0.1, 0.15) is 18.9 Å². The van der Waals surface area contributed by atoms with Crippen LogP contribution < -0.4 is 11.0 Å². The maximum atomic E-state index is 12.3. The van der Waals surface area contributed by atoms with Crippen molar-refractivity contribution in [2.45, 2.75) is 26.3 Å². The van der Waals surface area contributed by atoms with Crippen LogP contribution in [0, 0.1) is 0 Å². The number of carbonyl (C=O) groups excluding carboxylic acids is 1. The Kier molecular flexibility index (Phi) is 4.51. The molecule has 3 rings (SSSR count). The molecular weight excluding hydrogens is 302 g/mol. The molecule has 124 valence electrons. The lowest BCUT2D eigenvalue weighted by molar-refractivity contribution is -0.116. The summed E-state index contributed by atoms with van der Waals surface area (Å²) in [5.41, 5.74) is 3.39. The van der Waals surface area contributed by atoms with Gasteiger partial charge in [0.2, 0.25) is 5.91 Å². The number of imidazole rings is 1. The molecule has 2 aromatic carbocycles. The summed E-state index contributed by atoms with van der Waals surface area (Å²) in [6.07, 6.45) is 2.12. The van der Waals surface area contributed by atoms with Crippen LogP contribution in [0.15, 0.2) is 53.3 Å². The van der Waals surface area contributed by atoms with Crippen LogP contribution in [0.4, 0.5) is 5.69 Å². The molecule has 0 unspecified atom stereocenters. The number of aromatic nitrogens is 2. The molecule has 0 bridgehead atoms. The molecule has 5 nitrogen and oxygen atoms in total. The van der Waals surface area contributed by atoms with E-state index in [1.54, 1.807) is 11.6 Å². The van der Waals surface area contributed by atoms with E-state index in [4.69, 9.17) is 0 Å². The van der Waals surface area contributed by atoms with Gasteiger partial charge < -0.3 is 5.32 Å². The van der Waals surface area contributed by atoms with Gasteiger partial charge in [0.25, 0.3) is 0 Å². The van der Waals surface area contributed by atoms with Gasteiger partial charge in [-0.3, -0.25) is 13.9 Å². The van der Waals surface area contributed by atoms with E-state index >= 15 is 0 Å². The number of hydrogen-bond donors (Lipinski definition) is 1. The lowest BCUT2D eigenvalue weighted by atomic mass is 10.1. The molecule has 1 heterocycles. The number of fused-ring (bicyclic) bond motifs is 1. The van der Waals surface area contributed by atoms with Crippen LogP contribution in [0.3, 0.4) is 0 Å². The third-order valence-electron chi connectivity index (χ3n) is 4.13. The fraction of sp³-hybridized carbons (Fsp3) is 0.263. The Hall–Kier alpha value is -2.82. The highest BCUT2D eigenvalue weighted by Crippen LogP contribution is 2.13. The van der Waals surface area contributed by atoms with E-state index in [0.717, 1.165) is 29.6 Å². The first-order chi connectivity index (χ1) is 11.6. The van der Waals surface area contributed by atoms with Crippen molar-refractivity contribution in [2.75, 3.05) is 5.32 Å². The number of rotatable bonds is 5. The molecule has 0 saturated heterocycles. The standard InChI is InChI=1S/C19H21N3O2/c1-3-6-14-9-11-15(12-10-14)20-18(23)13-22-17-8-5-4-7-16(17)21(2)19(22)24/h4-5,7-12H,3,6,13H2,1-2H3,(H,20,23). The quantitative estimate of drug-likeness (QED) is 0.785. The molecule has 0 aliphatic heterocycles. The minimum absolute atomic E-state index is 0.00308. The minimum atomic E-state index is -0.211. The second-order valence-corrected chi connectivity index (χ2v) is 5.91. The van der Waals surface area contributed by atoms with Gasteiger partial charge in [0, 0.05) is 12.7 Å². The molecule has 5 heteroatoms. The van der Waals surface area contributed by atoms with Crippen molar-refractivity contribution in [3.8, 4) is 0 Å². The smallest absolute Gasteiger partial charge is 0.325 e. The predicted molar refractivity (Wildman–Crippen MR) is 96.2 cm³/mol. The lowest BCUT2D eigenvalue weighted by Crippen LogP contribution is -2.28. The molecule has 0 saturated carbocycles. The molecule has 0 aliphatic rings. The zero-order valence-electron chi connectivity index (χ0n) is 14.0. The third-order valence-corrected chi connectivity index (χ3v) is 4.13. The second-order valence-electron chi connectivity index (χ2n) is 5.91. The lowest BCUT2D eigenvalue weighted by Gasteiger charge is -2.07. The Labute approximate surface area is 140 Å². The van der Waals surface area contributed by atoms with E-state index in [9.17, 15) is 9.59 Å². The summed E-state index contributed by atoms with van der Waals surface area (Å²) in [4.78, 5) is 24.7. The van der Waals surface area contributed by atoms with E-state index in [2.05, 4.69) is 12.2 Å². The number of aryl methyl sites for hydroxylation is 2. The Balaban J connectivity index is 1.78. The van der Waals surface area contributed by atoms with E-state index in [1.165, 1.54) is 10.1 Å². The van der Waals surface area contributed by atoms with Crippen molar-refractivity contribution < 1.29 is 4.79 Å². The predicted octanol–water partition coefficient (Wildman–Crippen LogP) is 2.93. The van der Waals surface area contributed by atoms with Crippen molar-refractivity contribution in [3.63, 3.8) is 0 Å². The van der Waals surface area contributed by atoms with Crippen molar-refractivity contribution in [1.29, 1.82) is 0 Å². The van der Waals surface area contributed by atoms with Crippen LogP contribution in [0.2, 0.25) is 0 Å². The van der Waals surface area contributed by atoms with E-state index in [0.29, 0.717) is 0 Å². The molecule has 1 N–H and O–H groups in total. The van der Waals surface area contributed by atoms with Crippen LogP contribution >= 0.6 is 0 Å². The molecule has 0 fully saturated rings. The number of para-hydroxylation sites is 2. The summed E-state index contributed by atoms with van der Waals surface area (Å²) in [7, 11) is 1.71. The highest BCUT2D eigenvalue weighted by atomic mass is 16.2. The molecule has 0 spiro atoms. The molecule has 0 atom stereocenters. The summed E-state index contributed by atoms with van der Waals surface area (Å²) in [6, 6.07) is 15.3. The molecular formula is C19H21N3O2. The van der Waals surface area contributed by atoms with Gasteiger partial charge in [-0.15, -0.1) is 0 Å². The van der Waals surface area contributed by atoms with Crippen molar-refractivity contribution >= 4 is 22.6 Å². The second kappa shape index (κ2) is 6.74. The average molecular weight is 323 g/mol. The van der Waals surface area contributed by atoms with Gasteiger partial charge in [0.1, 0.15) is 6.54 Å². The normalized spacial score (nSPS) is 10.9. The SMILES string of the molecule is CCCc1ccc(NC(=O)Cn2c(=O)n(C)c3ccccc32)cc1. The summed E-state index contributed by atoms with van der Waals surface area (Å²) >= 11 is 0. The third kappa shape index (κ3) is 3.11. The summed E-state index contributed by atoms with van der Waals surface area (Å²) in [6.45, 7) is 2.13. The number of nitrogens with one attached hydrogen (secondary N) is 1. The zero-order chi connectivity index (χ0) is 17.1. The molecule has 24 heavy (non-hydrogen) atoms. The maximum Gasteiger partial charge on any atom is 0.329 e. The minimum Gasteiger partial charge on any atom is -0.325 e. The average Bonchev–Trinajstić information content (AvgIpc) is 2.82. The van der Waals surface area contributed by atoms with Gasteiger partial charge in [-0.25, -0.2) is 4.79 Å². The molecule has 1 aromatic heterocycles. The number of amides is 1. The number of anilines is 1. The van der Waals surface area contributed by atoms with Crippen molar-refractivity contribution in [3.05, 3.63) is 64.6 Å². The van der Waals surface area contributed by atoms with Crippen molar-refractivity contribution in [2.24, 2.45) is 7.05 Å². The van der Waals surface area contributed by atoms with Gasteiger partial charge in [-0.2, -0.15) is 0 Å². The van der Waals surface area contributed by atoms with Crippen molar-refractivity contribution in [1.82, 2.24) is 9.13 Å². The Bertz CT molecular complexity index is 920. The maximum absolute atomic E-state index is 12.3. The van der Waals surface area contributed by atoms with E-state index in [1.807, 2.05) is 48.5 Å². The highest BCUT2D eigenvalue weighted by molar-refractivity contribution is 5.91. The summed E-state index contributed by atoms with van der Waals surface area (Å²) in [5, 5.41) is 2.85. The fourth-order valence-corrected chi connectivity index (χ4v) is 2.90. The highest BCUT2D eigenvalue weighted by Gasteiger charge is 2.13. The van der Waals surface area contributed by atoms with Gasteiger partial charge >= 0.3 is 5.69 Å². The molecule has 0 aliphatic carbocycles. The van der Waals surface area contributed by atoms with Gasteiger partial charge in [-0.1, -0.05) is 37.6 Å². The van der Waals surface area contributed by atoms with Gasteiger partial charge in [0.05, 0.1) is 11.0 Å². The van der Waals surface area contributed by atoms with Gasteiger partial charge in [-0.05, 0) is 36.2 Å². The Morgan fingerprint density at radius 3 is 2.38 bits per heavy atom. The summed E-state index contributed by atoms with van der Waals surface area (Å²) < 4.78 is 3.05. The van der Waals surface area contributed by atoms with Crippen LogP contribution in [-0.2, 0) is 24.8 Å². The topological polar surface area (TPSA) is 56.0 Å². The van der Waals surface area contributed by atoms with E-state index in [-0.39, 0.29) is 18.1 Å². The number of benzene rings is 2. The number of carbonyl (C=O) groups is 1. The Morgan fingerprint density at radius 2 is 1.71 bits per heavy atom. The van der Waals surface area contributed by atoms with Crippen LogP contribution in [-0.4, -0.2) is 15.0 Å². The van der Waals surface area contributed by atoms with Gasteiger partial charge in [0.15, 0.2) is 0 Å². The Morgan fingerprint density at radius 1 is 1.04 bits per heavy atom. The first-order valence-corrected chi connectivity index (χ1v) is 8.13. The fourth-order valence-electron chi connectivity index (χ4n) is 2.90. The monoisotopic (exact) mass is 323 g/mol. The molecule has 3 aromatic rings. The number of nitrogens with zero attached hydrogens (tertiary/aromatic N) is 2. The first kappa shape index (κ1) is 16.1.